The molecule has 2 amide bonds. The topological polar surface area (TPSA) is 80.8 Å². The van der Waals surface area contributed by atoms with Crippen LogP contribution in [0.2, 0.25) is 0 Å². The maximum absolute atomic E-state index is 12.8. The summed E-state index contributed by atoms with van der Waals surface area (Å²) in [5.74, 6) is -0.0582. The number of hydroxylamine groups is 2. The van der Waals surface area contributed by atoms with Gasteiger partial charge in [-0.25, -0.2) is 10.0 Å². The van der Waals surface area contributed by atoms with E-state index in [0.29, 0.717) is 25.5 Å². The number of imidazole rings is 1. The molecule has 4 rings (SSSR count). The summed E-state index contributed by atoms with van der Waals surface area (Å²) < 4.78 is 7.13. The Morgan fingerprint density at radius 1 is 1.38 bits per heavy atom. The first kappa shape index (κ1) is 14.9. The molecule has 2 aromatic heterocycles. The van der Waals surface area contributed by atoms with E-state index in [2.05, 4.69) is 4.98 Å². The molecule has 1 fully saturated rings. The molecule has 0 radical (unpaired) electrons. The molecule has 1 atom stereocenters. The smallest absolute Gasteiger partial charge is 0.290 e. The van der Waals surface area contributed by atoms with Gasteiger partial charge in [-0.2, -0.15) is 0 Å². The minimum Gasteiger partial charge on any atom is -0.459 e. The molecule has 1 saturated heterocycles. The van der Waals surface area contributed by atoms with E-state index >= 15 is 0 Å². The van der Waals surface area contributed by atoms with Gasteiger partial charge in [-0.3, -0.25) is 14.4 Å². The van der Waals surface area contributed by atoms with Gasteiger partial charge in [-0.15, -0.1) is 0 Å². The predicted octanol–water partition coefficient (Wildman–Crippen LogP) is 1.15. The fraction of sp³-hybridized carbons (Fsp3) is 0.438. The highest BCUT2D eigenvalue weighted by Gasteiger charge is 2.37. The van der Waals surface area contributed by atoms with Gasteiger partial charge in [0.1, 0.15) is 6.04 Å². The number of carbonyl (C=O) groups excluding carboxylic acids is 2. The van der Waals surface area contributed by atoms with E-state index in [1.807, 2.05) is 11.5 Å². The molecule has 8 nitrogen and oxygen atoms in total. The van der Waals surface area contributed by atoms with Crippen LogP contribution in [0.15, 0.2) is 29.3 Å². The van der Waals surface area contributed by atoms with Crippen molar-refractivity contribution in [2.75, 3.05) is 19.7 Å². The van der Waals surface area contributed by atoms with Crippen LogP contribution < -0.4 is 0 Å². The van der Waals surface area contributed by atoms with Gasteiger partial charge in [-0.05, 0) is 19.4 Å². The Bertz CT molecular complexity index is 775. The maximum atomic E-state index is 12.8. The Morgan fingerprint density at radius 3 is 2.96 bits per heavy atom. The molecule has 2 aliphatic rings. The van der Waals surface area contributed by atoms with Crippen LogP contribution >= 0.6 is 0 Å². The third-order valence-electron chi connectivity index (χ3n) is 4.46. The van der Waals surface area contributed by atoms with Gasteiger partial charge in [0.2, 0.25) is 0 Å². The van der Waals surface area contributed by atoms with Crippen LogP contribution in [-0.2, 0) is 16.2 Å². The van der Waals surface area contributed by atoms with E-state index in [9.17, 15) is 9.59 Å². The highest BCUT2D eigenvalue weighted by atomic mass is 16.7. The molecule has 0 aliphatic carbocycles. The van der Waals surface area contributed by atoms with E-state index in [-0.39, 0.29) is 18.4 Å². The van der Waals surface area contributed by atoms with Crippen LogP contribution in [-0.4, -0.2) is 51.0 Å². The van der Waals surface area contributed by atoms with Crippen LogP contribution in [0, 0.1) is 6.92 Å². The molecule has 0 N–H and O–H groups in total. The molecule has 0 saturated carbocycles. The first-order valence-corrected chi connectivity index (χ1v) is 7.93. The van der Waals surface area contributed by atoms with Crippen molar-refractivity contribution < 1.29 is 18.8 Å². The Balaban J connectivity index is 1.62. The highest BCUT2D eigenvalue weighted by molar-refractivity contribution is 5.93. The summed E-state index contributed by atoms with van der Waals surface area (Å²) in [4.78, 5) is 36.7. The quantitative estimate of drug-likeness (QED) is 0.825. The summed E-state index contributed by atoms with van der Waals surface area (Å²) in [7, 11) is 0. The van der Waals surface area contributed by atoms with Crippen molar-refractivity contribution in [2.45, 2.75) is 25.9 Å². The predicted molar refractivity (Wildman–Crippen MR) is 81.7 cm³/mol. The number of carbonyl (C=O) groups is 2. The van der Waals surface area contributed by atoms with Crippen LogP contribution in [0.5, 0.6) is 0 Å². The molecule has 2 aromatic rings. The monoisotopic (exact) mass is 330 g/mol. The summed E-state index contributed by atoms with van der Waals surface area (Å²) in [6.45, 7) is 3.60. The molecule has 4 heterocycles. The molecule has 2 aliphatic heterocycles. The second kappa shape index (κ2) is 5.79. The number of furan rings is 1. The zero-order chi connectivity index (χ0) is 16.7. The summed E-state index contributed by atoms with van der Waals surface area (Å²) in [5, 5.41) is 1.39. The van der Waals surface area contributed by atoms with Gasteiger partial charge < -0.3 is 13.9 Å². The summed E-state index contributed by atoms with van der Waals surface area (Å²) in [5.41, 5.74) is 1.60. The van der Waals surface area contributed by atoms with Gasteiger partial charge in [0.15, 0.2) is 5.76 Å². The first-order chi connectivity index (χ1) is 11.6. The van der Waals surface area contributed by atoms with Crippen molar-refractivity contribution in [1.82, 2.24) is 19.5 Å². The molecule has 0 aromatic carbocycles. The largest absolute Gasteiger partial charge is 0.459 e. The summed E-state index contributed by atoms with van der Waals surface area (Å²) in [6.07, 6.45) is 5.63. The van der Waals surface area contributed by atoms with Crippen LogP contribution in [0.1, 0.15) is 34.3 Å². The Labute approximate surface area is 138 Å². The average Bonchev–Trinajstić information content (AvgIpc) is 3.33. The number of aromatic nitrogens is 2. The summed E-state index contributed by atoms with van der Waals surface area (Å²) >= 11 is 0. The zero-order valence-electron chi connectivity index (χ0n) is 13.3. The van der Waals surface area contributed by atoms with Crippen molar-refractivity contribution in [2.24, 2.45) is 0 Å². The fourth-order valence-corrected chi connectivity index (χ4v) is 3.17. The summed E-state index contributed by atoms with van der Waals surface area (Å²) in [6, 6.07) is 1.22. The number of aryl methyl sites for hydroxylation is 1. The minimum absolute atomic E-state index is 0.152. The van der Waals surface area contributed by atoms with Crippen molar-refractivity contribution in [3.63, 3.8) is 0 Å². The van der Waals surface area contributed by atoms with Gasteiger partial charge in [0, 0.05) is 11.8 Å². The van der Waals surface area contributed by atoms with Crippen molar-refractivity contribution in [3.8, 4) is 0 Å². The average molecular weight is 330 g/mol. The molecule has 126 valence electrons. The van der Waals surface area contributed by atoms with Gasteiger partial charge in [0.25, 0.3) is 11.8 Å². The Hall–Kier alpha value is -2.61. The molecular formula is C16H18N4O4. The number of fused-ring (bicyclic) bond motifs is 1. The highest BCUT2D eigenvalue weighted by Crippen LogP contribution is 2.26. The lowest BCUT2D eigenvalue weighted by Gasteiger charge is -2.34. The number of rotatable bonds is 2. The molecule has 0 unspecified atom stereocenters. The van der Waals surface area contributed by atoms with Crippen LogP contribution in [0.25, 0.3) is 0 Å². The fourth-order valence-electron chi connectivity index (χ4n) is 3.17. The third-order valence-corrected chi connectivity index (χ3v) is 4.46. The van der Waals surface area contributed by atoms with E-state index in [1.54, 1.807) is 23.5 Å². The van der Waals surface area contributed by atoms with E-state index in [0.717, 1.165) is 17.7 Å². The third kappa shape index (κ3) is 2.39. The second-order valence-corrected chi connectivity index (χ2v) is 6.05. The van der Waals surface area contributed by atoms with Gasteiger partial charge in [-0.1, -0.05) is 0 Å². The first-order valence-electron chi connectivity index (χ1n) is 7.93. The zero-order valence-corrected chi connectivity index (χ0v) is 13.3. The number of nitrogens with zero attached hydrogens (tertiary/aromatic N) is 4. The van der Waals surface area contributed by atoms with E-state index in [4.69, 9.17) is 9.25 Å². The van der Waals surface area contributed by atoms with Gasteiger partial charge >= 0.3 is 0 Å². The van der Waals surface area contributed by atoms with Crippen molar-refractivity contribution in [3.05, 3.63) is 41.9 Å². The minimum atomic E-state index is -0.534. The maximum Gasteiger partial charge on any atom is 0.290 e. The molecule has 0 spiro atoms. The molecule has 8 heteroatoms. The Morgan fingerprint density at radius 2 is 2.25 bits per heavy atom. The SMILES string of the molecule is Cc1ccoc1C(=O)N1Cc2cncn2[C@H](C(=O)N2CCCO2)C1. The number of hydrogen-bond acceptors (Lipinski definition) is 5. The van der Waals surface area contributed by atoms with Gasteiger partial charge in [0.05, 0.1) is 44.5 Å². The standard InChI is InChI=1S/C16H18N4O4/c1-11-3-6-23-14(11)16(22)18-8-12-7-17-10-19(12)13(9-18)15(21)20-4-2-5-24-20/h3,6-7,10,13H,2,4-5,8-9H2,1H3/t13-/m0/s1. The van der Waals surface area contributed by atoms with Crippen molar-refractivity contribution >= 4 is 11.8 Å². The lowest BCUT2D eigenvalue weighted by Crippen LogP contribution is -2.47. The number of hydrogen-bond donors (Lipinski definition) is 0. The normalized spacial score (nSPS) is 20.3. The lowest BCUT2D eigenvalue weighted by molar-refractivity contribution is -0.173. The Kier molecular flexibility index (Phi) is 3.61. The molecule has 24 heavy (non-hydrogen) atoms. The molecular weight excluding hydrogens is 312 g/mol. The van der Waals surface area contributed by atoms with Crippen LogP contribution in [0.3, 0.4) is 0 Å². The van der Waals surface area contributed by atoms with E-state index < -0.39 is 6.04 Å². The van der Waals surface area contributed by atoms with E-state index in [1.165, 1.54) is 11.3 Å². The lowest BCUT2D eigenvalue weighted by atomic mass is 10.1. The van der Waals surface area contributed by atoms with Crippen LogP contribution in [0.4, 0.5) is 0 Å². The van der Waals surface area contributed by atoms with Crippen molar-refractivity contribution in [1.29, 1.82) is 0 Å². The molecule has 0 bridgehead atoms. The number of amides is 2. The second-order valence-electron chi connectivity index (χ2n) is 6.05.